The quantitative estimate of drug-likeness (QED) is 0.537. The van der Waals surface area contributed by atoms with E-state index in [1.165, 1.54) is 0 Å². The lowest BCUT2D eigenvalue weighted by atomic mass is 10.4. The zero-order valence-corrected chi connectivity index (χ0v) is 5.66. The molecule has 54 valence electrons. The highest BCUT2D eigenvalue weighted by molar-refractivity contribution is 5.53. The molecular formula is C6H12O3. The first kappa shape index (κ1) is 10.9. The molecule has 0 aliphatic heterocycles. The second-order valence-electron chi connectivity index (χ2n) is 1.26. The Bertz CT molecular complexity index is 82.3. The van der Waals surface area contributed by atoms with Crippen LogP contribution in [-0.4, -0.2) is 16.4 Å². The maximum Gasteiger partial charge on any atom is 0.503 e. The van der Waals surface area contributed by atoms with Crippen molar-refractivity contribution >= 4 is 6.16 Å². The van der Waals surface area contributed by atoms with Crippen LogP contribution in [0.4, 0.5) is 4.79 Å². The average molecular weight is 132 g/mol. The monoisotopic (exact) mass is 132 g/mol. The summed E-state index contributed by atoms with van der Waals surface area (Å²) in [4.78, 5) is 8.56. The SMILES string of the molecule is C/C=C/CC.O=C(O)O. The van der Waals surface area contributed by atoms with Crippen molar-refractivity contribution in [3.05, 3.63) is 12.2 Å². The van der Waals surface area contributed by atoms with Crippen LogP contribution in [0.1, 0.15) is 20.3 Å². The summed E-state index contributed by atoms with van der Waals surface area (Å²) in [6, 6.07) is 0. The Morgan fingerprint density at radius 3 is 1.89 bits per heavy atom. The van der Waals surface area contributed by atoms with Crippen LogP contribution in [0.3, 0.4) is 0 Å². The zero-order valence-electron chi connectivity index (χ0n) is 5.66. The summed E-state index contributed by atoms with van der Waals surface area (Å²) in [7, 11) is 0. The van der Waals surface area contributed by atoms with Gasteiger partial charge in [0.1, 0.15) is 0 Å². The molecule has 0 aromatic carbocycles. The van der Waals surface area contributed by atoms with Crippen LogP contribution in [0.5, 0.6) is 0 Å². The molecule has 0 aromatic rings. The number of hydrogen-bond donors (Lipinski definition) is 2. The lowest BCUT2D eigenvalue weighted by Crippen LogP contribution is -1.81. The summed E-state index contributed by atoms with van der Waals surface area (Å²) in [5.41, 5.74) is 0. The summed E-state index contributed by atoms with van der Waals surface area (Å²) in [6.07, 6.45) is 3.51. The molecule has 2 N–H and O–H groups in total. The summed E-state index contributed by atoms with van der Waals surface area (Å²) in [6.45, 7) is 4.16. The van der Waals surface area contributed by atoms with E-state index < -0.39 is 6.16 Å². The van der Waals surface area contributed by atoms with Crippen LogP contribution in [0.2, 0.25) is 0 Å². The molecule has 0 aliphatic rings. The van der Waals surface area contributed by atoms with Gasteiger partial charge in [0.25, 0.3) is 0 Å². The smallest absolute Gasteiger partial charge is 0.450 e. The van der Waals surface area contributed by atoms with Crippen molar-refractivity contribution in [3.8, 4) is 0 Å². The fourth-order valence-electron chi connectivity index (χ4n) is 0.236. The predicted octanol–water partition coefficient (Wildman–Crippen LogP) is 2.19. The van der Waals surface area contributed by atoms with E-state index in [0.717, 1.165) is 6.42 Å². The van der Waals surface area contributed by atoms with Crippen molar-refractivity contribution < 1.29 is 15.0 Å². The number of rotatable bonds is 1. The molecule has 0 unspecified atom stereocenters. The molecular weight excluding hydrogens is 120 g/mol. The maximum absolute atomic E-state index is 8.56. The first-order chi connectivity index (χ1) is 4.15. The van der Waals surface area contributed by atoms with E-state index in [1.54, 1.807) is 0 Å². The van der Waals surface area contributed by atoms with Crippen LogP contribution in [-0.2, 0) is 0 Å². The topological polar surface area (TPSA) is 57.5 Å². The van der Waals surface area contributed by atoms with Gasteiger partial charge in [0.15, 0.2) is 0 Å². The summed E-state index contributed by atoms with van der Waals surface area (Å²) < 4.78 is 0. The van der Waals surface area contributed by atoms with Crippen LogP contribution < -0.4 is 0 Å². The van der Waals surface area contributed by atoms with E-state index in [2.05, 4.69) is 19.1 Å². The van der Waals surface area contributed by atoms with Gasteiger partial charge in [0.2, 0.25) is 0 Å². The van der Waals surface area contributed by atoms with Crippen LogP contribution in [0, 0.1) is 0 Å². The minimum absolute atomic E-state index is 1.16. The molecule has 9 heavy (non-hydrogen) atoms. The number of allylic oxidation sites excluding steroid dienone is 2. The molecule has 0 fully saturated rings. The highest BCUT2D eigenvalue weighted by atomic mass is 16.6. The van der Waals surface area contributed by atoms with Gasteiger partial charge in [-0.3, -0.25) is 0 Å². The third-order valence-electron chi connectivity index (χ3n) is 0.471. The van der Waals surface area contributed by atoms with E-state index in [4.69, 9.17) is 15.0 Å². The Balaban J connectivity index is 0. The minimum Gasteiger partial charge on any atom is -0.450 e. The highest BCUT2D eigenvalue weighted by Crippen LogP contribution is 1.73. The van der Waals surface area contributed by atoms with Crippen LogP contribution in [0.15, 0.2) is 12.2 Å². The van der Waals surface area contributed by atoms with Crippen LogP contribution >= 0.6 is 0 Å². The Kier molecular flexibility index (Phi) is 12.2. The zero-order chi connectivity index (χ0) is 7.70. The lowest BCUT2D eigenvalue weighted by Gasteiger charge is -1.65. The molecule has 0 saturated heterocycles. The van der Waals surface area contributed by atoms with E-state index in [9.17, 15) is 0 Å². The first-order valence-corrected chi connectivity index (χ1v) is 2.68. The maximum atomic E-state index is 8.56. The molecule has 3 heteroatoms. The van der Waals surface area contributed by atoms with Crippen molar-refractivity contribution in [2.24, 2.45) is 0 Å². The summed E-state index contributed by atoms with van der Waals surface area (Å²) in [5, 5.41) is 13.9. The van der Waals surface area contributed by atoms with Crippen molar-refractivity contribution in [2.45, 2.75) is 20.3 Å². The third-order valence-corrected chi connectivity index (χ3v) is 0.471. The van der Waals surface area contributed by atoms with Crippen LogP contribution in [0.25, 0.3) is 0 Å². The second-order valence-corrected chi connectivity index (χ2v) is 1.26. The average Bonchev–Trinajstić information content (AvgIpc) is 1.66. The fraction of sp³-hybridized carbons (Fsp3) is 0.500. The Hall–Kier alpha value is -0.990. The van der Waals surface area contributed by atoms with Gasteiger partial charge in [-0.25, -0.2) is 4.79 Å². The van der Waals surface area contributed by atoms with E-state index in [0.29, 0.717) is 0 Å². The highest BCUT2D eigenvalue weighted by Gasteiger charge is 1.70. The Morgan fingerprint density at radius 1 is 1.56 bits per heavy atom. The van der Waals surface area contributed by atoms with Gasteiger partial charge >= 0.3 is 6.16 Å². The summed E-state index contributed by atoms with van der Waals surface area (Å²) >= 11 is 0. The predicted molar refractivity (Wildman–Crippen MR) is 35.8 cm³/mol. The molecule has 0 aliphatic carbocycles. The Labute approximate surface area is 54.6 Å². The summed E-state index contributed by atoms with van der Waals surface area (Å²) in [5.74, 6) is 0. The molecule has 0 rings (SSSR count). The molecule has 0 saturated carbocycles. The van der Waals surface area contributed by atoms with Gasteiger partial charge in [-0.15, -0.1) is 0 Å². The number of carboxylic acid groups (broad SMARTS) is 2. The van der Waals surface area contributed by atoms with Gasteiger partial charge in [-0.05, 0) is 13.3 Å². The largest absolute Gasteiger partial charge is 0.503 e. The van der Waals surface area contributed by atoms with Crippen molar-refractivity contribution in [1.82, 2.24) is 0 Å². The standard InChI is InChI=1S/C5H10.CH2O3/c1-3-5-4-2;2-1(3)4/h3,5H,4H2,1-2H3;(H2,2,3,4)/b5-3+;. The minimum atomic E-state index is -1.83. The fourth-order valence-corrected chi connectivity index (χ4v) is 0.236. The molecule has 0 heterocycles. The second kappa shape index (κ2) is 10.1. The third kappa shape index (κ3) is 172. The van der Waals surface area contributed by atoms with Gasteiger partial charge in [0.05, 0.1) is 0 Å². The van der Waals surface area contributed by atoms with E-state index >= 15 is 0 Å². The van der Waals surface area contributed by atoms with Gasteiger partial charge < -0.3 is 10.2 Å². The molecule has 3 nitrogen and oxygen atoms in total. The number of hydrogen-bond acceptors (Lipinski definition) is 1. The molecule has 0 spiro atoms. The van der Waals surface area contributed by atoms with Crippen molar-refractivity contribution in [3.63, 3.8) is 0 Å². The van der Waals surface area contributed by atoms with E-state index in [1.807, 2.05) is 6.92 Å². The lowest BCUT2D eigenvalue weighted by molar-refractivity contribution is 0.137. The van der Waals surface area contributed by atoms with Gasteiger partial charge in [-0.1, -0.05) is 19.1 Å². The van der Waals surface area contributed by atoms with Gasteiger partial charge in [-0.2, -0.15) is 0 Å². The Morgan fingerprint density at radius 2 is 1.89 bits per heavy atom. The molecule has 0 atom stereocenters. The molecule has 0 aromatic heterocycles. The normalized spacial score (nSPS) is 8.22. The van der Waals surface area contributed by atoms with Crippen molar-refractivity contribution in [1.29, 1.82) is 0 Å². The van der Waals surface area contributed by atoms with Gasteiger partial charge in [0, 0.05) is 0 Å². The first-order valence-electron chi connectivity index (χ1n) is 2.68. The number of carbonyl (C=O) groups is 1. The molecule has 0 radical (unpaired) electrons. The molecule has 0 amide bonds. The molecule has 0 bridgehead atoms. The van der Waals surface area contributed by atoms with E-state index in [-0.39, 0.29) is 0 Å². The van der Waals surface area contributed by atoms with Crippen molar-refractivity contribution in [2.75, 3.05) is 0 Å².